The summed E-state index contributed by atoms with van der Waals surface area (Å²) in [5.74, 6) is 0. The van der Waals surface area contributed by atoms with E-state index in [1.54, 1.807) is 0 Å². The zero-order valence-corrected chi connectivity index (χ0v) is 8.24. The van der Waals surface area contributed by atoms with Crippen LogP contribution in [-0.4, -0.2) is 19.9 Å². The molecule has 1 heterocycles. The van der Waals surface area contributed by atoms with Crippen LogP contribution in [0.1, 0.15) is 5.56 Å². The van der Waals surface area contributed by atoms with Crippen molar-refractivity contribution in [2.24, 2.45) is 7.05 Å². The predicted octanol–water partition coefficient (Wildman–Crippen LogP) is 1.20. The third-order valence-electron chi connectivity index (χ3n) is 1.16. The molecular formula is C6H10IN3. The first-order valence-electron chi connectivity index (χ1n) is 3.03. The normalized spacial score (nSPS) is 10.8. The van der Waals surface area contributed by atoms with Gasteiger partial charge in [-0.25, -0.2) is 3.11 Å². The van der Waals surface area contributed by atoms with Gasteiger partial charge in [-0.2, -0.15) is 5.10 Å². The lowest BCUT2D eigenvalue weighted by atomic mass is 10.4. The van der Waals surface area contributed by atoms with Crippen LogP contribution in [0.15, 0.2) is 12.4 Å². The molecule has 0 saturated heterocycles. The molecule has 10 heavy (non-hydrogen) atoms. The van der Waals surface area contributed by atoms with Gasteiger partial charge in [0.1, 0.15) is 0 Å². The smallest absolute Gasteiger partial charge is 0.0535 e. The standard InChI is InChI=1S/C6H10IN3/c1-9(7)4-6-3-8-10(2)5-6/h3,5H,4H2,1-2H3. The van der Waals surface area contributed by atoms with Gasteiger partial charge in [-0.3, -0.25) is 4.68 Å². The van der Waals surface area contributed by atoms with Crippen LogP contribution in [-0.2, 0) is 13.6 Å². The minimum absolute atomic E-state index is 0.953. The zero-order chi connectivity index (χ0) is 7.56. The molecule has 1 aromatic heterocycles. The molecule has 56 valence electrons. The lowest BCUT2D eigenvalue weighted by molar-refractivity contribution is 0.610. The molecule has 0 aliphatic heterocycles. The summed E-state index contributed by atoms with van der Waals surface area (Å²) in [6, 6.07) is 0. The number of rotatable bonds is 2. The lowest BCUT2D eigenvalue weighted by Gasteiger charge is -2.02. The molecule has 0 aliphatic carbocycles. The molecular weight excluding hydrogens is 241 g/mol. The van der Waals surface area contributed by atoms with Crippen LogP contribution in [0, 0.1) is 0 Å². The number of aromatic nitrogens is 2. The van der Waals surface area contributed by atoms with E-state index < -0.39 is 0 Å². The van der Waals surface area contributed by atoms with Crippen LogP contribution in [0.4, 0.5) is 0 Å². The van der Waals surface area contributed by atoms with E-state index in [1.807, 2.05) is 31.2 Å². The largest absolute Gasteiger partial charge is 0.275 e. The Morgan fingerprint density at radius 3 is 2.90 bits per heavy atom. The van der Waals surface area contributed by atoms with E-state index in [-0.39, 0.29) is 0 Å². The summed E-state index contributed by atoms with van der Waals surface area (Å²) in [7, 11) is 3.96. The van der Waals surface area contributed by atoms with E-state index in [0.29, 0.717) is 0 Å². The van der Waals surface area contributed by atoms with Crippen molar-refractivity contribution >= 4 is 22.9 Å². The van der Waals surface area contributed by atoms with Gasteiger partial charge in [0.25, 0.3) is 0 Å². The first-order chi connectivity index (χ1) is 4.68. The predicted molar refractivity (Wildman–Crippen MR) is 48.7 cm³/mol. The van der Waals surface area contributed by atoms with E-state index in [1.165, 1.54) is 5.56 Å². The maximum absolute atomic E-state index is 4.06. The summed E-state index contributed by atoms with van der Waals surface area (Å²) in [4.78, 5) is 0. The van der Waals surface area contributed by atoms with Gasteiger partial charge in [-0.1, -0.05) is 0 Å². The molecule has 0 saturated carbocycles. The van der Waals surface area contributed by atoms with Gasteiger partial charge in [0, 0.05) is 48.2 Å². The molecule has 0 bridgehead atoms. The maximum Gasteiger partial charge on any atom is 0.0535 e. The quantitative estimate of drug-likeness (QED) is 0.581. The van der Waals surface area contributed by atoms with E-state index in [2.05, 4.69) is 31.1 Å². The summed E-state index contributed by atoms with van der Waals surface area (Å²) < 4.78 is 3.91. The Morgan fingerprint density at radius 2 is 2.50 bits per heavy atom. The number of nitrogens with zero attached hydrogens (tertiary/aromatic N) is 3. The third kappa shape index (κ3) is 2.26. The van der Waals surface area contributed by atoms with Crippen molar-refractivity contribution in [1.29, 1.82) is 0 Å². The average molecular weight is 251 g/mol. The highest BCUT2D eigenvalue weighted by Crippen LogP contribution is 2.03. The van der Waals surface area contributed by atoms with Crippen molar-refractivity contribution in [2.75, 3.05) is 7.05 Å². The van der Waals surface area contributed by atoms with Crippen molar-refractivity contribution in [1.82, 2.24) is 12.9 Å². The van der Waals surface area contributed by atoms with Crippen LogP contribution < -0.4 is 0 Å². The van der Waals surface area contributed by atoms with Crippen molar-refractivity contribution in [3.8, 4) is 0 Å². The summed E-state index contributed by atoms with van der Waals surface area (Å²) in [5.41, 5.74) is 1.25. The van der Waals surface area contributed by atoms with Gasteiger partial charge in [0.05, 0.1) is 6.20 Å². The summed E-state index contributed by atoms with van der Waals surface area (Å²) >= 11 is 2.25. The van der Waals surface area contributed by atoms with E-state index in [0.717, 1.165) is 6.54 Å². The van der Waals surface area contributed by atoms with E-state index in [9.17, 15) is 0 Å². The number of halogens is 1. The monoisotopic (exact) mass is 251 g/mol. The molecule has 4 heteroatoms. The highest BCUT2D eigenvalue weighted by Gasteiger charge is 1.96. The molecule has 1 rings (SSSR count). The van der Waals surface area contributed by atoms with Crippen LogP contribution in [0.5, 0.6) is 0 Å². The van der Waals surface area contributed by atoms with Crippen LogP contribution in [0.2, 0.25) is 0 Å². The molecule has 3 nitrogen and oxygen atoms in total. The van der Waals surface area contributed by atoms with E-state index in [4.69, 9.17) is 0 Å². The molecule has 0 N–H and O–H groups in total. The number of aryl methyl sites for hydroxylation is 1. The van der Waals surface area contributed by atoms with Crippen molar-refractivity contribution in [2.45, 2.75) is 6.54 Å². The zero-order valence-electron chi connectivity index (χ0n) is 6.08. The van der Waals surface area contributed by atoms with Gasteiger partial charge in [-0.05, 0) is 7.05 Å². The molecule has 1 aromatic rings. The fourth-order valence-electron chi connectivity index (χ4n) is 0.805. The summed E-state index contributed by atoms with van der Waals surface area (Å²) in [6.07, 6.45) is 3.91. The molecule has 0 amide bonds. The fraction of sp³-hybridized carbons (Fsp3) is 0.500. The second-order valence-corrected chi connectivity index (χ2v) is 3.93. The van der Waals surface area contributed by atoms with Crippen LogP contribution in [0.25, 0.3) is 0 Å². The Hall–Kier alpha value is -0.100. The van der Waals surface area contributed by atoms with E-state index >= 15 is 0 Å². The van der Waals surface area contributed by atoms with Crippen molar-refractivity contribution < 1.29 is 0 Å². The highest BCUT2D eigenvalue weighted by molar-refractivity contribution is 14.1. The minimum atomic E-state index is 0.953. The summed E-state index contributed by atoms with van der Waals surface area (Å²) in [6.45, 7) is 0.953. The van der Waals surface area contributed by atoms with Crippen LogP contribution >= 0.6 is 22.9 Å². The Kier molecular flexibility index (Phi) is 2.67. The van der Waals surface area contributed by atoms with Gasteiger partial charge < -0.3 is 0 Å². The summed E-state index contributed by atoms with van der Waals surface area (Å²) in [5, 5.41) is 4.06. The molecule has 0 aromatic carbocycles. The van der Waals surface area contributed by atoms with Gasteiger partial charge in [0.2, 0.25) is 0 Å². The highest BCUT2D eigenvalue weighted by atomic mass is 127. The third-order valence-corrected chi connectivity index (χ3v) is 1.50. The number of hydrogen-bond acceptors (Lipinski definition) is 2. The van der Waals surface area contributed by atoms with Gasteiger partial charge in [0.15, 0.2) is 0 Å². The van der Waals surface area contributed by atoms with Crippen LogP contribution in [0.3, 0.4) is 0 Å². The molecule has 0 radical (unpaired) electrons. The lowest BCUT2D eigenvalue weighted by Crippen LogP contribution is -2.01. The molecule has 0 fully saturated rings. The molecule has 0 atom stereocenters. The Morgan fingerprint density at radius 1 is 1.80 bits per heavy atom. The molecule has 0 unspecified atom stereocenters. The first-order valence-corrected chi connectivity index (χ1v) is 3.99. The van der Waals surface area contributed by atoms with Crippen molar-refractivity contribution in [3.05, 3.63) is 18.0 Å². The molecule has 0 aliphatic rings. The number of hydrogen-bond donors (Lipinski definition) is 0. The second-order valence-electron chi connectivity index (χ2n) is 2.29. The topological polar surface area (TPSA) is 21.1 Å². The van der Waals surface area contributed by atoms with Gasteiger partial charge >= 0.3 is 0 Å². The Bertz CT molecular complexity index is 207. The fourth-order valence-corrected chi connectivity index (χ4v) is 1.20. The maximum atomic E-state index is 4.06. The van der Waals surface area contributed by atoms with Crippen molar-refractivity contribution in [3.63, 3.8) is 0 Å². The Balaban J connectivity index is 2.58. The SMILES string of the molecule is CN(I)Cc1cnn(C)c1. The van der Waals surface area contributed by atoms with Gasteiger partial charge in [-0.15, -0.1) is 0 Å². The second kappa shape index (κ2) is 3.34. The first kappa shape index (κ1) is 8.00. The average Bonchev–Trinajstić information content (AvgIpc) is 2.13. The molecule has 0 spiro atoms. The minimum Gasteiger partial charge on any atom is -0.275 e. The Labute approximate surface area is 74.5 Å².